The molecule has 0 bridgehead atoms. The van der Waals surface area contributed by atoms with Gasteiger partial charge in [0.25, 0.3) is 0 Å². The number of benzene rings is 1. The Labute approximate surface area is 195 Å². The van der Waals surface area contributed by atoms with Crippen molar-refractivity contribution in [1.82, 2.24) is 10.3 Å². The second-order valence-corrected chi connectivity index (χ2v) is 8.76. The van der Waals surface area contributed by atoms with Crippen LogP contribution in [0.2, 0.25) is 0 Å². The Bertz CT molecular complexity index is 941. The van der Waals surface area contributed by atoms with Crippen molar-refractivity contribution in [1.29, 1.82) is 0 Å². The molecule has 1 heterocycles. The van der Waals surface area contributed by atoms with Crippen LogP contribution in [0.25, 0.3) is 0 Å². The van der Waals surface area contributed by atoms with E-state index in [1.54, 1.807) is 33.0 Å². The molecule has 0 unspecified atom stereocenters. The van der Waals surface area contributed by atoms with Crippen LogP contribution in [0.3, 0.4) is 0 Å². The summed E-state index contributed by atoms with van der Waals surface area (Å²) in [5, 5.41) is 2.74. The Morgan fingerprint density at radius 3 is 2.42 bits per heavy atom. The fourth-order valence-corrected chi connectivity index (χ4v) is 3.13. The van der Waals surface area contributed by atoms with Gasteiger partial charge in [-0.2, -0.15) is 0 Å². The van der Waals surface area contributed by atoms with Crippen LogP contribution in [0.4, 0.5) is 10.6 Å². The van der Waals surface area contributed by atoms with Crippen LogP contribution in [0, 0.1) is 6.92 Å². The number of nitrogens with zero attached hydrogens (tertiary/aromatic N) is 2. The first-order valence-electron chi connectivity index (χ1n) is 10.9. The number of rotatable bonds is 9. The van der Waals surface area contributed by atoms with E-state index >= 15 is 0 Å². The van der Waals surface area contributed by atoms with Crippen molar-refractivity contribution in [2.75, 3.05) is 18.6 Å². The lowest BCUT2D eigenvalue weighted by Crippen LogP contribution is -2.43. The lowest BCUT2D eigenvalue weighted by Gasteiger charge is -2.27. The first kappa shape index (κ1) is 25.8. The zero-order valence-electron chi connectivity index (χ0n) is 20.0. The number of amides is 2. The Morgan fingerprint density at radius 2 is 1.82 bits per heavy atom. The van der Waals surface area contributed by atoms with E-state index in [1.807, 2.05) is 43.3 Å². The van der Waals surface area contributed by atoms with Crippen LogP contribution in [0.15, 0.2) is 48.7 Å². The zero-order valence-corrected chi connectivity index (χ0v) is 20.0. The summed E-state index contributed by atoms with van der Waals surface area (Å²) in [6, 6.07) is 12.2. The first-order valence-corrected chi connectivity index (χ1v) is 10.9. The standard InChI is InChI=1S/C25H33N3O5/c1-18-13-14-26-21(16-18)28(24(31)33-25(2,3)4)15-9-12-22(29)27-20(23(30)32-5)17-19-10-7-6-8-11-19/h6-8,10-11,13-14,16,20H,9,12,15,17H2,1-5H3,(H,27,29)/t20-/m0/s1. The molecule has 0 aliphatic carbocycles. The Hall–Kier alpha value is -3.42. The number of ether oxygens (including phenoxy) is 2. The number of esters is 1. The number of aromatic nitrogens is 1. The molecule has 1 atom stereocenters. The minimum Gasteiger partial charge on any atom is -0.467 e. The van der Waals surface area contributed by atoms with Gasteiger partial charge in [0.2, 0.25) is 5.91 Å². The van der Waals surface area contributed by atoms with E-state index in [4.69, 9.17) is 9.47 Å². The average Bonchev–Trinajstić information content (AvgIpc) is 2.75. The van der Waals surface area contributed by atoms with Gasteiger partial charge in [0.15, 0.2) is 0 Å². The van der Waals surface area contributed by atoms with E-state index in [0.717, 1.165) is 11.1 Å². The third-order valence-electron chi connectivity index (χ3n) is 4.68. The van der Waals surface area contributed by atoms with Crippen molar-refractivity contribution < 1.29 is 23.9 Å². The fourth-order valence-electron chi connectivity index (χ4n) is 3.13. The van der Waals surface area contributed by atoms with E-state index in [9.17, 15) is 14.4 Å². The number of carbonyl (C=O) groups is 3. The molecule has 1 aromatic heterocycles. The van der Waals surface area contributed by atoms with Gasteiger partial charge in [-0.15, -0.1) is 0 Å². The third-order valence-corrected chi connectivity index (χ3v) is 4.68. The van der Waals surface area contributed by atoms with Gasteiger partial charge >= 0.3 is 12.1 Å². The number of pyridine rings is 1. The van der Waals surface area contributed by atoms with Crippen LogP contribution in [0.1, 0.15) is 44.7 Å². The van der Waals surface area contributed by atoms with Crippen molar-refractivity contribution in [3.05, 3.63) is 59.8 Å². The quantitative estimate of drug-likeness (QED) is 0.578. The largest absolute Gasteiger partial charge is 0.467 e. The summed E-state index contributed by atoms with van der Waals surface area (Å²) in [6.07, 6.45) is 1.90. The van der Waals surface area contributed by atoms with Crippen molar-refractivity contribution >= 4 is 23.8 Å². The number of aryl methyl sites for hydroxylation is 1. The van der Waals surface area contributed by atoms with Crippen LogP contribution < -0.4 is 10.2 Å². The number of carbonyl (C=O) groups excluding carboxylic acids is 3. The molecule has 0 fully saturated rings. The predicted molar refractivity (Wildman–Crippen MR) is 126 cm³/mol. The van der Waals surface area contributed by atoms with E-state index < -0.39 is 23.7 Å². The molecule has 178 valence electrons. The maximum absolute atomic E-state index is 12.8. The molecule has 8 heteroatoms. The number of hydrogen-bond donors (Lipinski definition) is 1. The minimum absolute atomic E-state index is 0.118. The summed E-state index contributed by atoms with van der Waals surface area (Å²) in [4.78, 5) is 43.2. The molecule has 2 aromatic rings. The SMILES string of the molecule is COC(=O)[C@H](Cc1ccccc1)NC(=O)CCCN(C(=O)OC(C)(C)C)c1cc(C)ccn1. The Morgan fingerprint density at radius 1 is 1.12 bits per heavy atom. The highest BCUT2D eigenvalue weighted by molar-refractivity contribution is 5.87. The topological polar surface area (TPSA) is 97.8 Å². The molecule has 0 saturated heterocycles. The van der Waals surface area contributed by atoms with Crippen molar-refractivity contribution in [3.8, 4) is 0 Å². The average molecular weight is 456 g/mol. The lowest BCUT2D eigenvalue weighted by molar-refractivity contribution is -0.145. The highest BCUT2D eigenvalue weighted by Crippen LogP contribution is 2.18. The Kier molecular flexibility index (Phi) is 9.39. The van der Waals surface area contributed by atoms with E-state index in [0.29, 0.717) is 18.7 Å². The molecule has 0 aliphatic heterocycles. The lowest BCUT2D eigenvalue weighted by atomic mass is 10.1. The van der Waals surface area contributed by atoms with Gasteiger partial charge in [-0.25, -0.2) is 14.6 Å². The molecule has 33 heavy (non-hydrogen) atoms. The van der Waals surface area contributed by atoms with Crippen molar-refractivity contribution in [2.45, 2.75) is 58.6 Å². The van der Waals surface area contributed by atoms with Gasteiger partial charge in [0.05, 0.1) is 7.11 Å². The molecule has 8 nitrogen and oxygen atoms in total. The summed E-state index contributed by atoms with van der Waals surface area (Å²) in [6.45, 7) is 7.52. The van der Waals surface area contributed by atoms with Gasteiger partial charge < -0.3 is 14.8 Å². The van der Waals surface area contributed by atoms with E-state index in [1.165, 1.54) is 12.0 Å². The monoisotopic (exact) mass is 455 g/mol. The van der Waals surface area contributed by atoms with Crippen LogP contribution in [-0.4, -0.2) is 48.3 Å². The summed E-state index contributed by atoms with van der Waals surface area (Å²) in [5.74, 6) is -0.351. The smallest absolute Gasteiger partial charge is 0.416 e. The summed E-state index contributed by atoms with van der Waals surface area (Å²) in [7, 11) is 1.29. The second kappa shape index (κ2) is 12.0. The third kappa shape index (κ3) is 8.92. The van der Waals surface area contributed by atoms with Crippen LogP contribution in [-0.2, 0) is 25.5 Å². The molecule has 1 N–H and O–H groups in total. The van der Waals surface area contributed by atoms with Gasteiger partial charge in [-0.05, 0) is 57.4 Å². The minimum atomic E-state index is -0.787. The number of hydrogen-bond acceptors (Lipinski definition) is 6. The van der Waals surface area contributed by atoms with Crippen molar-refractivity contribution in [2.24, 2.45) is 0 Å². The maximum atomic E-state index is 12.8. The van der Waals surface area contributed by atoms with Gasteiger partial charge in [0.1, 0.15) is 17.5 Å². The number of anilines is 1. The number of methoxy groups -OCH3 is 1. The molecule has 0 aliphatic rings. The molecule has 0 radical (unpaired) electrons. The maximum Gasteiger partial charge on any atom is 0.416 e. The molecule has 0 spiro atoms. The molecular formula is C25H33N3O5. The van der Waals surface area contributed by atoms with Crippen LogP contribution in [0.5, 0.6) is 0 Å². The van der Waals surface area contributed by atoms with Gasteiger partial charge in [-0.3, -0.25) is 9.69 Å². The van der Waals surface area contributed by atoms with Crippen molar-refractivity contribution in [3.63, 3.8) is 0 Å². The second-order valence-electron chi connectivity index (χ2n) is 8.76. The molecule has 2 rings (SSSR count). The highest BCUT2D eigenvalue weighted by atomic mass is 16.6. The summed E-state index contributed by atoms with van der Waals surface area (Å²) >= 11 is 0. The number of nitrogens with one attached hydrogen (secondary N) is 1. The Balaban J connectivity index is 2.01. The first-order chi connectivity index (χ1) is 15.6. The van der Waals surface area contributed by atoms with E-state index in [-0.39, 0.29) is 18.9 Å². The molecule has 0 saturated carbocycles. The fraction of sp³-hybridized carbons (Fsp3) is 0.440. The summed E-state index contributed by atoms with van der Waals surface area (Å²) < 4.78 is 10.4. The summed E-state index contributed by atoms with van der Waals surface area (Å²) in [5.41, 5.74) is 1.20. The van der Waals surface area contributed by atoms with Crippen LogP contribution >= 0.6 is 0 Å². The van der Waals surface area contributed by atoms with Gasteiger partial charge in [0, 0.05) is 25.6 Å². The highest BCUT2D eigenvalue weighted by Gasteiger charge is 2.25. The van der Waals surface area contributed by atoms with E-state index in [2.05, 4.69) is 10.3 Å². The van der Waals surface area contributed by atoms with Gasteiger partial charge in [-0.1, -0.05) is 30.3 Å². The molecule has 1 aromatic carbocycles. The molecule has 2 amide bonds. The normalized spacial score (nSPS) is 11.9. The molecular weight excluding hydrogens is 422 g/mol. The zero-order chi connectivity index (χ0) is 24.4. The predicted octanol–water partition coefficient (Wildman–Crippen LogP) is 3.81.